The number of aryl methyl sites for hydroxylation is 2. The zero-order chi connectivity index (χ0) is 15.7. The minimum absolute atomic E-state index is 0.125. The van der Waals surface area contributed by atoms with Crippen LogP contribution >= 0.6 is 0 Å². The third kappa shape index (κ3) is 2.84. The maximum atomic E-state index is 12.8. The summed E-state index contributed by atoms with van der Waals surface area (Å²) in [6.45, 7) is 7.13. The number of rotatable bonds is 3. The van der Waals surface area contributed by atoms with Gasteiger partial charge in [-0.2, -0.15) is 0 Å². The van der Waals surface area contributed by atoms with Gasteiger partial charge >= 0.3 is 0 Å². The van der Waals surface area contributed by atoms with E-state index >= 15 is 0 Å². The second-order valence-electron chi connectivity index (χ2n) is 6.68. The molecule has 1 atom stereocenters. The average Bonchev–Trinajstić information content (AvgIpc) is 2.91. The van der Waals surface area contributed by atoms with Gasteiger partial charge in [-0.05, 0) is 62.8 Å². The Morgan fingerprint density at radius 1 is 1.27 bits per heavy atom. The first-order valence-corrected chi connectivity index (χ1v) is 8.33. The van der Waals surface area contributed by atoms with E-state index in [9.17, 15) is 4.79 Å². The molecule has 22 heavy (non-hydrogen) atoms. The number of benzene rings is 1. The number of ether oxygens (including phenoxy) is 1. The van der Waals surface area contributed by atoms with E-state index in [0.717, 1.165) is 50.2 Å². The summed E-state index contributed by atoms with van der Waals surface area (Å²) in [7, 11) is 0. The lowest BCUT2D eigenvalue weighted by Crippen LogP contribution is -2.41. The lowest BCUT2D eigenvalue weighted by Gasteiger charge is -2.33. The third-order valence-electron chi connectivity index (χ3n) is 5.21. The molecular formula is C18H26N2O2. The molecule has 120 valence electrons. The number of nitrogens with zero attached hydrogens (tertiary/aromatic N) is 1. The lowest BCUT2D eigenvalue weighted by atomic mass is 9.91. The van der Waals surface area contributed by atoms with Gasteiger partial charge in [0.2, 0.25) is 5.91 Å². The SMILES string of the molecule is Cc1cc2c(cc1C)C(C(=O)N1CCC(CCN)CC1)CO2. The molecule has 2 heterocycles. The van der Waals surface area contributed by atoms with Crippen molar-refractivity contribution in [3.63, 3.8) is 0 Å². The monoisotopic (exact) mass is 302 g/mol. The Morgan fingerprint density at radius 2 is 1.95 bits per heavy atom. The van der Waals surface area contributed by atoms with Gasteiger partial charge in [-0.15, -0.1) is 0 Å². The van der Waals surface area contributed by atoms with Crippen LogP contribution < -0.4 is 10.5 Å². The first-order chi connectivity index (χ1) is 10.6. The zero-order valence-electron chi connectivity index (χ0n) is 13.6. The molecule has 4 nitrogen and oxygen atoms in total. The summed E-state index contributed by atoms with van der Waals surface area (Å²) < 4.78 is 5.75. The Hall–Kier alpha value is -1.55. The van der Waals surface area contributed by atoms with E-state index in [0.29, 0.717) is 12.5 Å². The predicted molar refractivity (Wildman–Crippen MR) is 87.1 cm³/mol. The maximum Gasteiger partial charge on any atom is 0.233 e. The first-order valence-electron chi connectivity index (χ1n) is 8.33. The number of amides is 1. The molecule has 1 fully saturated rings. The predicted octanol–water partition coefficient (Wildman–Crippen LogP) is 2.37. The number of hydrogen-bond acceptors (Lipinski definition) is 3. The summed E-state index contributed by atoms with van der Waals surface area (Å²) in [5.74, 6) is 1.68. The van der Waals surface area contributed by atoms with Crippen LogP contribution in [0, 0.1) is 19.8 Å². The van der Waals surface area contributed by atoms with Crippen molar-refractivity contribution < 1.29 is 9.53 Å². The number of carbonyl (C=O) groups excluding carboxylic acids is 1. The average molecular weight is 302 g/mol. The van der Waals surface area contributed by atoms with E-state index < -0.39 is 0 Å². The van der Waals surface area contributed by atoms with Gasteiger partial charge in [-0.25, -0.2) is 0 Å². The van der Waals surface area contributed by atoms with Gasteiger partial charge in [0.25, 0.3) is 0 Å². The summed E-state index contributed by atoms with van der Waals surface area (Å²) >= 11 is 0. The van der Waals surface area contributed by atoms with Crippen LogP contribution in [0.1, 0.15) is 41.9 Å². The molecule has 0 radical (unpaired) electrons. The molecule has 0 aromatic heterocycles. The van der Waals surface area contributed by atoms with Gasteiger partial charge < -0.3 is 15.4 Å². The van der Waals surface area contributed by atoms with Crippen LogP contribution in [-0.4, -0.2) is 37.0 Å². The van der Waals surface area contributed by atoms with E-state index in [1.54, 1.807) is 0 Å². The summed E-state index contributed by atoms with van der Waals surface area (Å²) in [6.07, 6.45) is 3.24. The summed E-state index contributed by atoms with van der Waals surface area (Å²) in [5, 5.41) is 0. The number of piperidine rings is 1. The molecule has 1 saturated heterocycles. The fraction of sp³-hybridized carbons (Fsp3) is 0.611. The lowest BCUT2D eigenvalue weighted by molar-refractivity contribution is -0.134. The molecule has 2 aliphatic rings. The van der Waals surface area contributed by atoms with E-state index in [-0.39, 0.29) is 11.8 Å². The summed E-state index contributed by atoms with van der Waals surface area (Å²) in [6, 6.07) is 4.19. The van der Waals surface area contributed by atoms with Crippen LogP contribution in [0.5, 0.6) is 5.75 Å². The van der Waals surface area contributed by atoms with Crippen molar-refractivity contribution in [3.8, 4) is 5.75 Å². The molecule has 1 aromatic rings. The molecule has 0 bridgehead atoms. The Kier molecular flexibility index (Phi) is 4.39. The Balaban J connectivity index is 1.69. The highest BCUT2D eigenvalue weighted by Crippen LogP contribution is 2.37. The fourth-order valence-electron chi connectivity index (χ4n) is 3.57. The molecule has 1 amide bonds. The molecule has 0 saturated carbocycles. The Labute approximate surface area is 132 Å². The van der Waals surface area contributed by atoms with Crippen molar-refractivity contribution in [2.24, 2.45) is 11.7 Å². The fourth-order valence-corrected chi connectivity index (χ4v) is 3.57. The van der Waals surface area contributed by atoms with Crippen LogP contribution in [0.25, 0.3) is 0 Å². The van der Waals surface area contributed by atoms with Gasteiger partial charge in [0.1, 0.15) is 18.3 Å². The molecule has 0 aliphatic carbocycles. The molecular weight excluding hydrogens is 276 g/mol. The van der Waals surface area contributed by atoms with Crippen molar-refractivity contribution >= 4 is 5.91 Å². The molecule has 2 N–H and O–H groups in total. The van der Waals surface area contributed by atoms with Crippen molar-refractivity contribution in [1.29, 1.82) is 0 Å². The molecule has 0 spiro atoms. The van der Waals surface area contributed by atoms with Crippen molar-refractivity contribution in [2.45, 2.75) is 39.0 Å². The van der Waals surface area contributed by atoms with Crippen molar-refractivity contribution in [2.75, 3.05) is 26.2 Å². The topological polar surface area (TPSA) is 55.6 Å². The normalized spacial score (nSPS) is 21.6. The number of nitrogens with two attached hydrogens (primary N) is 1. The first kappa shape index (κ1) is 15.3. The van der Waals surface area contributed by atoms with Gasteiger partial charge in [0.05, 0.1) is 0 Å². The zero-order valence-corrected chi connectivity index (χ0v) is 13.6. The molecule has 1 unspecified atom stereocenters. The largest absolute Gasteiger partial charge is 0.492 e. The minimum Gasteiger partial charge on any atom is -0.492 e. The second kappa shape index (κ2) is 6.29. The standard InChI is InChI=1S/C18H26N2O2/c1-12-9-15-16(11-22-17(15)10-13(12)2)18(21)20-7-4-14(3-6-19)5-8-20/h9-10,14,16H,3-8,11,19H2,1-2H3. The quantitative estimate of drug-likeness (QED) is 0.932. The van der Waals surface area contributed by atoms with Crippen LogP contribution in [-0.2, 0) is 4.79 Å². The highest BCUT2D eigenvalue weighted by molar-refractivity contribution is 5.85. The highest BCUT2D eigenvalue weighted by Gasteiger charge is 2.35. The summed E-state index contributed by atoms with van der Waals surface area (Å²) in [5.41, 5.74) is 9.15. The maximum absolute atomic E-state index is 12.8. The third-order valence-corrected chi connectivity index (χ3v) is 5.21. The van der Waals surface area contributed by atoms with Crippen molar-refractivity contribution in [3.05, 3.63) is 28.8 Å². The van der Waals surface area contributed by atoms with Gasteiger partial charge in [-0.1, -0.05) is 6.07 Å². The molecule has 3 rings (SSSR count). The second-order valence-corrected chi connectivity index (χ2v) is 6.68. The number of fused-ring (bicyclic) bond motifs is 1. The van der Waals surface area contributed by atoms with Crippen LogP contribution in [0.3, 0.4) is 0 Å². The Morgan fingerprint density at radius 3 is 2.64 bits per heavy atom. The minimum atomic E-state index is -0.125. The van der Waals surface area contributed by atoms with Gasteiger partial charge in [-0.3, -0.25) is 4.79 Å². The van der Waals surface area contributed by atoms with Crippen molar-refractivity contribution in [1.82, 2.24) is 4.90 Å². The van der Waals surface area contributed by atoms with Crippen LogP contribution in [0.4, 0.5) is 0 Å². The molecule has 1 aromatic carbocycles. The Bertz CT molecular complexity index is 562. The smallest absolute Gasteiger partial charge is 0.233 e. The van der Waals surface area contributed by atoms with E-state index in [1.807, 2.05) is 4.90 Å². The molecule has 4 heteroatoms. The van der Waals surface area contributed by atoms with E-state index in [1.165, 1.54) is 11.1 Å². The number of likely N-dealkylation sites (tertiary alicyclic amines) is 1. The van der Waals surface area contributed by atoms with E-state index in [2.05, 4.69) is 26.0 Å². The number of carbonyl (C=O) groups is 1. The number of hydrogen-bond donors (Lipinski definition) is 1. The van der Waals surface area contributed by atoms with Gasteiger partial charge in [0, 0.05) is 18.7 Å². The summed E-state index contributed by atoms with van der Waals surface area (Å²) in [4.78, 5) is 14.9. The van der Waals surface area contributed by atoms with E-state index in [4.69, 9.17) is 10.5 Å². The van der Waals surface area contributed by atoms with Crippen LogP contribution in [0.15, 0.2) is 12.1 Å². The van der Waals surface area contributed by atoms with Crippen LogP contribution in [0.2, 0.25) is 0 Å². The molecule has 2 aliphatic heterocycles. The van der Waals surface area contributed by atoms with Gasteiger partial charge in [0.15, 0.2) is 0 Å². The highest BCUT2D eigenvalue weighted by atomic mass is 16.5.